The Morgan fingerprint density at radius 1 is 1.03 bits per heavy atom. The van der Waals surface area contributed by atoms with Crippen molar-refractivity contribution in [1.29, 1.82) is 0 Å². The van der Waals surface area contributed by atoms with Crippen LogP contribution in [0.2, 0.25) is 0 Å². The third-order valence-corrected chi connectivity index (χ3v) is 6.39. The highest BCUT2D eigenvalue weighted by Gasteiger charge is 2.33. The summed E-state index contributed by atoms with van der Waals surface area (Å²) >= 11 is 4.61. The van der Waals surface area contributed by atoms with Gasteiger partial charge in [0.05, 0.1) is 6.04 Å². The smallest absolute Gasteiger partial charge is 0.320 e. The molecule has 1 saturated heterocycles. The summed E-state index contributed by atoms with van der Waals surface area (Å²) in [5.41, 5.74) is 2.55. The summed E-state index contributed by atoms with van der Waals surface area (Å²) < 4.78 is 0.949. The van der Waals surface area contributed by atoms with Crippen LogP contribution in [0, 0.1) is 6.92 Å². The van der Waals surface area contributed by atoms with Crippen molar-refractivity contribution in [3.8, 4) is 0 Å². The van der Waals surface area contributed by atoms with E-state index in [1.54, 1.807) is 4.90 Å². The molecule has 2 aromatic carbocycles. The first-order valence-corrected chi connectivity index (χ1v) is 11.1. The van der Waals surface area contributed by atoms with Gasteiger partial charge in [0.1, 0.15) is 5.01 Å². The molecule has 1 fully saturated rings. The minimum Gasteiger partial charge on any atom is -0.320 e. The Morgan fingerprint density at radius 2 is 1.70 bits per heavy atom. The number of carbonyl (C=O) groups is 2. The van der Waals surface area contributed by atoms with E-state index < -0.39 is 0 Å². The molecule has 4 rings (SSSR count). The highest BCUT2D eigenvalue weighted by molar-refractivity contribution is 9.10. The molecular formula is C21H20BrN5O2S. The van der Waals surface area contributed by atoms with E-state index >= 15 is 0 Å². The Labute approximate surface area is 186 Å². The van der Waals surface area contributed by atoms with Gasteiger partial charge < -0.3 is 15.5 Å². The molecule has 0 saturated carbocycles. The number of anilines is 2. The molecule has 9 heteroatoms. The van der Waals surface area contributed by atoms with Gasteiger partial charge in [-0.15, -0.1) is 10.2 Å². The van der Waals surface area contributed by atoms with Crippen molar-refractivity contribution in [2.75, 3.05) is 17.2 Å². The summed E-state index contributed by atoms with van der Waals surface area (Å²) in [6, 6.07) is 14.6. The van der Waals surface area contributed by atoms with Crippen molar-refractivity contribution in [1.82, 2.24) is 15.1 Å². The van der Waals surface area contributed by atoms with Crippen molar-refractivity contribution in [2.24, 2.45) is 0 Å². The van der Waals surface area contributed by atoms with Gasteiger partial charge in [0, 0.05) is 22.4 Å². The molecule has 3 amide bonds. The Balaban J connectivity index is 1.43. The maximum Gasteiger partial charge on any atom is 0.322 e. The van der Waals surface area contributed by atoms with Gasteiger partial charge >= 0.3 is 6.03 Å². The Morgan fingerprint density at radius 3 is 2.43 bits per heavy atom. The number of carbonyl (C=O) groups excluding carboxylic acids is 2. The second-order valence-electron chi connectivity index (χ2n) is 7.05. The molecule has 1 atom stereocenters. The van der Waals surface area contributed by atoms with Crippen molar-refractivity contribution in [3.63, 3.8) is 0 Å². The number of benzene rings is 2. The maximum atomic E-state index is 12.8. The Hall–Kier alpha value is -2.78. The van der Waals surface area contributed by atoms with Crippen LogP contribution in [0.1, 0.15) is 39.3 Å². The molecule has 0 bridgehead atoms. The summed E-state index contributed by atoms with van der Waals surface area (Å²) in [7, 11) is 0. The molecule has 3 aromatic rings. The molecule has 0 aliphatic carbocycles. The fourth-order valence-electron chi connectivity index (χ4n) is 3.28. The molecule has 2 heterocycles. The van der Waals surface area contributed by atoms with Gasteiger partial charge in [-0.1, -0.05) is 45.0 Å². The van der Waals surface area contributed by atoms with E-state index in [9.17, 15) is 9.59 Å². The van der Waals surface area contributed by atoms with Crippen LogP contribution in [0.3, 0.4) is 0 Å². The molecule has 0 radical (unpaired) electrons. The van der Waals surface area contributed by atoms with Gasteiger partial charge in [-0.3, -0.25) is 4.79 Å². The molecule has 1 aliphatic rings. The number of aryl methyl sites for hydroxylation is 1. The second-order valence-corrected chi connectivity index (χ2v) is 8.98. The molecule has 0 unspecified atom stereocenters. The van der Waals surface area contributed by atoms with Crippen LogP contribution < -0.4 is 10.6 Å². The van der Waals surface area contributed by atoms with Crippen LogP contribution in [-0.4, -0.2) is 33.6 Å². The highest BCUT2D eigenvalue weighted by atomic mass is 79.9. The fourth-order valence-corrected chi connectivity index (χ4v) is 4.43. The van der Waals surface area contributed by atoms with Crippen molar-refractivity contribution in [3.05, 3.63) is 68.6 Å². The molecule has 1 aromatic heterocycles. The van der Waals surface area contributed by atoms with Crippen LogP contribution >= 0.6 is 27.3 Å². The molecule has 30 heavy (non-hydrogen) atoms. The molecular weight excluding hydrogens is 466 g/mol. The van der Waals surface area contributed by atoms with Crippen LogP contribution in [0.4, 0.5) is 16.2 Å². The van der Waals surface area contributed by atoms with Gasteiger partial charge in [0.25, 0.3) is 5.91 Å². The van der Waals surface area contributed by atoms with Gasteiger partial charge in [-0.05, 0) is 56.2 Å². The van der Waals surface area contributed by atoms with Gasteiger partial charge in [0.2, 0.25) is 5.01 Å². The average Bonchev–Trinajstić information content (AvgIpc) is 3.40. The first kappa shape index (κ1) is 20.5. The minimum absolute atomic E-state index is 0.180. The lowest BCUT2D eigenvalue weighted by molar-refractivity contribution is 0.102. The van der Waals surface area contributed by atoms with Crippen LogP contribution in [0.15, 0.2) is 53.0 Å². The lowest BCUT2D eigenvalue weighted by Crippen LogP contribution is -2.34. The topological polar surface area (TPSA) is 87.2 Å². The first-order valence-electron chi connectivity index (χ1n) is 9.54. The monoisotopic (exact) mass is 485 g/mol. The van der Waals surface area contributed by atoms with Crippen LogP contribution in [0.5, 0.6) is 0 Å². The molecule has 154 valence electrons. The van der Waals surface area contributed by atoms with Crippen molar-refractivity contribution >= 4 is 50.6 Å². The number of likely N-dealkylation sites (tertiary alicyclic amines) is 1. The number of halogens is 1. The maximum absolute atomic E-state index is 12.8. The van der Waals surface area contributed by atoms with E-state index in [0.717, 1.165) is 28.6 Å². The third-order valence-electron chi connectivity index (χ3n) is 4.84. The lowest BCUT2D eigenvalue weighted by Gasteiger charge is -2.23. The third kappa shape index (κ3) is 4.68. The number of rotatable bonds is 4. The standard InChI is InChI=1S/C21H20BrN5O2S/c1-13-4-8-15(9-5-13)23-18(28)20-26-25-19(30-20)17-3-2-12-27(17)21(29)24-16-10-6-14(22)7-11-16/h4-11,17H,2-3,12H2,1H3,(H,23,28)(H,24,29)/t17-/m0/s1. The first-order chi connectivity index (χ1) is 14.5. The zero-order valence-corrected chi connectivity index (χ0v) is 18.7. The number of nitrogens with one attached hydrogen (secondary N) is 2. The fraction of sp³-hybridized carbons (Fsp3) is 0.238. The van der Waals surface area contributed by atoms with Gasteiger partial charge in [0.15, 0.2) is 0 Å². The summed E-state index contributed by atoms with van der Waals surface area (Å²) in [6.45, 7) is 2.63. The average molecular weight is 486 g/mol. The van der Waals surface area contributed by atoms with E-state index in [-0.39, 0.29) is 23.0 Å². The van der Waals surface area contributed by atoms with Crippen molar-refractivity contribution < 1.29 is 9.59 Å². The van der Waals surface area contributed by atoms with E-state index in [2.05, 4.69) is 36.8 Å². The molecule has 0 spiro atoms. The number of hydrogen-bond donors (Lipinski definition) is 2. The largest absolute Gasteiger partial charge is 0.322 e. The minimum atomic E-state index is -0.300. The SMILES string of the molecule is Cc1ccc(NC(=O)c2nnc([C@@H]3CCCN3C(=O)Nc3ccc(Br)cc3)s2)cc1. The van der Waals surface area contributed by atoms with Crippen molar-refractivity contribution in [2.45, 2.75) is 25.8 Å². The number of nitrogens with zero attached hydrogens (tertiary/aromatic N) is 3. The van der Waals surface area contributed by atoms with Crippen LogP contribution in [0.25, 0.3) is 0 Å². The highest BCUT2D eigenvalue weighted by Crippen LogP contribution is 2.34. The summed E-state index contributed by atoms with van der Waals surface area (Å²) in [5, 5.41) is 15.0. The molecule has 1 aliphatic heterocycles. The van der Waals surface area contributed by atoms with Crippen LogP contribution in [-0.2, 0) is 0 Å². The second kappa shape index (κ2) is 8.93. The molecule has 7 nitrogen and oxygen atoms in total. The zero-order chi connectivity index (χ0) is 21.1. The zero-order valence-electron chi connectivity index (χ0n) is 16.3. The number of hydrogen-bond acceptors (Lipinski definition) is 5. The summed E-state index contributed by atoms with van der Waals surface area (Å²) in [5.74, 6) is -0.300. The number of urea groups is 1. The summed E-state index contributed by atoms with van der Waals surface area (Å²) in [4.78, 5) is 27.0. The Kier molecular flexibility index (Phi) is 6.10. The predicted molar refractivity (Wildman–Crippen MR) is 121 cm³/mol. The van der Waals surface area contributed by atoms with E-state index in [1.807, 2.05) is 55.5 Å². The predicted octanol–water partition coefficient (Wildman–Crippen LogP) is 5.23. The quantitative estimate of drug-likeness (QED) is 0.529. The number of amides is 3. The number of aromatic nitrogens is 2. The van der Waals surface area contributed by atoms with Gasteiger partial charge in [-0.25, -0.2) is 4.79 Å². The van der Waals surface area contributed by atoms with Gasteiger partial charge in [-0.2, -0.15) is 0 Å². The summed E-state index contributed by atoms with van der Waals surface area (Å²) in [6.07, 6.45) is 1.67. The van der Waals surface area contributed by atoms with E-state index in [4.69, 9.17) is 0 Å². The van der Waals surface area contributed by atoms with E-state index in [1.165, 1.54) is 11.3 Å². The normalized spacial score (nSPS) is 15.8. The molecule has 2 N–H and O–H groups in total. The lowest BCUT2D eigenvalue weighted by atomic mass is 10.2. The van der Waals surface area contributed by atoms with E-state index in [0.29, 0.717) is 17.2 Å². The Bertz CT molecular complexity index is 1050.